The first-order valence-corrected chi connectivity index (χ1v) is 7.48. The molecule has 18 heavy (non-hydrogen) atoms. The van der Waals surface area contributed by atoms with Gasteiger partial charge in [0.25, 0.3) is 0 Å². The molecule has 0 saturated carbocycles. The van der Waals surface area contributed by atoms with E-state index in [1.165, 1.54) is 4.88 Å². The van der Waals surface area contributed by atoms with E-state index in [4.69, 9.17) is 9.72 Å². The van der Waals surface area contributed by atoms with Crippen LogP contribution in [0.25, 0.3) is 0 Å². The number of nitrogens with one attached hydrogen (secondary N) is 1. The molecular weight excluding hydrogens is 244 g/mol. The predicted molar refractivity (Wildman–Crippen MR) is 78.3 cm³/mol. The van der Waals surface area contributed by atoms with Crippen molar-refractivity contribution in [2.75, 3.05) is 20.3 Å². The van der Waals surface area contributed by atoms with Crippen molar-refractivity contribution in [2.24, 2.45) is 5.92 Å². The van der Waals surface area contributed by atoms with E-state index in [0.717, 1.165) is 23.7 Å². The summed E-state index contributed by atoms with van der Waals surface area (Å²) in [6.07, 6.45) is 1.11. The number of aryl methyl sites for hydroxylation is 2. The molecule has 0 bridgehead atoms. The van der Waals surface area contributed by atoms with Crippen molar-refractivity contribution < 1.29 is 4.74 Å². The lowest BCUT2D eigenvalue weighted by Gasteiger charge is -2.36. The van der Waals surface area contributed by atoms with Gasteiger partial charge in [-0.15, -0.1) is 11.3 Å². The summed E-state index contributed by atoms with van der Waals surface area (Å²) < 4.78 is 5.47. The second-order valence-corrected chi connectivity index (χ2v) is 6.35. The molecule has 0 aliphatic heterocycles. The average Bonchev–Trinajstić information content (AvgIpc) is 2.65. The van der Waals surface area contributed by atoms with Crippen LogP contribution in [0, 0.1) is 19.8 Å². The maximum Gasteiger partial charge on any atom is 0.116 e. The van der Waals surface area contributed by atoms with Gasteiger partial charge in [-0.05, 0) is 32.7 Å². The van der Waals surface area contributed by atoms with E-state index < -0.39 is 0 Å². The van der Waals surface area contributed by atoms with E-state index >= 15 is 0 Å². The number of rotatable bonds is 7. The summed E-state index contributed by atoms with van der Waals surface area (Å²) in [4.78, 5) is 6.05. The van der Waals surface area contributed by atoms with Gasteiger partial charge in [0.05, 0.1) is 17.8 Å². The molecule has 1 atom stereocenters. The van der Waals surface area contributed by atoms with Crippen molar-refractivity contribution in [1.82, 2.24) is 10.3 Å². The van der Waals surface area contributed by atoms with Crippen LogP contribution in [0.1, 0.15) is 42.8 Å². The highest BCUT2D eigenvalue weighted by Crippen LogP contribution is 2.34. The van der Waals surface area contributed by atoms with Crippen molar-refractivity contribution in [2.45, 2.75) is 46.6 Å². The fourth-order valence-corrected chi connectivity index (χ4v) is 3.26. The van der Waals surface area contributed by atoms with Gasteiger partial charge in [-0.3, -0.25) is 0 Å². The highest BCUT2D eigenvalue weighted by molar-refractivity contribution is 7.11. The maximum absolute atomic E-state index is 5.47. The molecule has 0 aliphatic rings. The maximum atomic E-state index is 5.47. The van der Waals surface area contributed by atoms with Crippen molar-refractivity contribution in [3.8, 4) is 0 Å². The van der Waals surface area contributed by atoms with Crippen LogP contribution in [0.4, 0.5) is 0 Å². The number of hydrogen-bond donors (Lipinski definition) is 1. The number of ether oxygens (including phenoxy) is 1. The Hall–Kier alpha value is -0.450. The largest absolute Gasteiger partial charge is 0.382 e. The van der Waals surface area contributed by atoms with Crippen molar-refractivity contribution in [3.05, 3.63) is 15.6 Å². The molecular formula is C14H26N2OS. The Morgan fingerprint density at radius 3 is 2.44 bits per heavy atom. The molecule has 1 aromatic heterocycles. The molecule has 1 heterocycles. The summed E-state index contributed by atoms with van der Waals surface area (Å²) >= 11 is 1.79. The van der Waals surface area contributed by atoms with E-state index in [1.807, 2.05) is 0 Å². The van der Waals surface area contributed by atoms with Crippen LogP contribution in [-0.4, -0.2) is 25.2 Å². The number of nitrogens with zero attached hydrogens (tertiary/aromatic N) is 1. The third kappa shape index (κ3) is 3.11. The minimum Gasteiger partial charge on any atom is -0.382 e. The Morgan fingerprint density at radius 2 is 2.06 bits per heavy atom. The van der Waals surface area contributed by atoms with Gasteiger partial charge in [-0.25, -0.2) is 4.98 Å². The van der Waals surface area contributed by atoms with Gasteiger partial charge in [0.1, 0.15) is 5.01 Å². The van der Waals surface area contributed by atoms with E-state index in [2.05, 4.69) is 39.9 Å². The lowest BCUT2D eigenvalue weighted by Crippen LogP contribution is -2.50. The second kappa shape index (κ2) is 6.64. The number of thiazole rings is 1. The number of methoxy groups -OCH3 is 1. The normalized spacial score (nSPS) is 15.1. The highest BCUT2D eigenvalue weighted by Gasteiger charge is 2.38. The fourth-order valence-electron chi connectivity index (χ4n) is 2.05. The lowest BCUT2D eigenvalue weighted by atomic mass is 9.87. The molecule has 1 aromatic rings. The van der Waals surface area contributed by atoms with Crippen molar-refractivity contribution in [1.29, 1.82) is 0 Å². The summed E-state index contributed by atoms with van der Waals surface area (Å²) in [5.41, 5.74) is 0.975. The standard InChI is InChI=1S/C14H26N2OS/c1-7-8-15-14(9-17-6,10(2)3)13-16-11(4)12(5)18-13/h10,15H,7-9H2,1-6H3. The van der Waals surface area contributed by atoms with Crippen LogP contribution in [0.5, 0.6) is 0 Å². The van der Waals surface area contributed by atoms with Crippen LogP contribution in [0.15, 0.2) is 0 Å². The highest BCUT2D eigenvalue weighted by atomic mass is 32.1. The Labute approximate surface area is 115 Å². The molecule has 1 rings (SSSR count). The summed E-state index contributed by atoms with van der Waals surface area (Å²) in [5, 5.41) is 4.82. The molecule has 4 heteroatoms. The van der Waals surface area contributed by atoms with Gasteiger partial charge in [-0.2, -0.15) is 0 Å². The smallest absolute Gasteiger partial charge is 0.116 e. The molecule has 0 amide bonds. The zero-order chi connectivity index (χ0) is 13.8. The van der Waals surface area contributed by atoms with Gasteiger partial charge in [0.15, 0.2) is 0 Å². The average molecular weight is 270 g/mol. The molecule has 0 aliphatic carbocycles. The molecule has 0 saturated heterocycles. The molecule has 0 fully saturated rings. The Kier molecular flexibility index (Phi) is 5.76. The number of hydrogen-bond acceptors (Lipinski definition) is 4. The summed E-state index contributed by atoms with van der Waals surface area (Å²) in [6.45, 7) is 12.5. The topological polar surface area (TPSA) is 34.1 Å². The lowest BCUT2D eigenvalue weighted by molar-refractivity contribution is 0.0761. The minimum atomic E-state index is -0.158. The Morgan fingerprint density at radius 1 is 1.39 bits per heavy atom. The van der Waals surface area contributed by atoms with E-state index in [1.54, 1.807) is 18.4 Å². The van der Waals surface area contributed by atoms with Crippen molar-refractivity contribution >= 4 is 11.3 Å². The molecule has 3 nitrogen and oxygen atoms in total. The van der Waals surface area contributed by atoms with Crippen LogP contribution in [-0.2, 0) is 10.3 Å². The van der Waals surface area contributed by atoms with Gasteiger partial charge in [0, 0.05) is 12.0 Å². The molecule has 0 radical (unpaired) electrons. The van der Waals surface area contributed by atoms with E-state index in [0.29, 0.717) is 12.5 Å². The number of aromatic nitrogens is 1. The van der Waals surface area contributed by atoms with E-state index in [-0.39, 0.29) is 5.54 Å². The Bertz CT molecular complexity index is 356. The first-order valence-electron chi connectivity index (χ1n) is 6.66. The second-order valence-electron chi connectivity index (χ2n) is 5.15. The van der Waals surface area contributed by atoms with Crippen LogP contribution < -0.4 is 5.32 Å². The van der Waals surface area contributed by atoms with Crippen LogP contribution in [0.3, 0.4) is 0 Å². The summed E-state index contributed by atoms with van der Waals surface area (Å²) in [7, 11) is 1.76. The van der Waals surface area contributed by atoms with Crippen molar-refractivity contribution in [3.63, 3.8) is 0 Å². The van der Waals surface area contributed by atoms with Crippen LogP contribution >= 0.6 is 11.3 Å². The predicted octanol–water partition coefficient (Wildman–Crippen LogP) is 3.26. The zero-order valence-electron chi connectivity index (χ0n) is 12.5. The summed E-state index contributed by atoms with van der Waals surface area (Å²) in [5.74, 6) is 0.439. The third-order valence-electron chi connectivity index (χ3n) is 3.46. The molecule has 0 aromatic carbocycles. The monoisotopic (exact) mass is 270 g/mol. The molecule has 0 spiro atoms. The fraction of sp³-hybridized carbons (Fsp3) is 0.786. The van der Waals surface area contributed by atoms with E-state index in [9.17, 15) is 0 Å². The Balaban J connectivity index is 3.14. The zero-order valence-corrected chi connectivity index (χ0v) is 13.3. The van der Waals surface area contributed by atoms with Gasteiger partial charge in [0.2, 0.25) is 0 Å². The molecule has 1 N–H and O–H groups in total. The third-order valence-corrected chi connectivity index (χ3v) is 4.71. The summed E-state index contributed by atoms with van der Waals surface area (Å²) in [6, 6.07) is 0. The SMILES string of the molecule is CCCNC(COC)(c1nc(C)c(C)s1)C(C)C. The quantitative estimate of drug-likeness (QED) is 0.826. The van der Waals surface area contributed by atoms with Crippen LogP contribution in [0.2, 0.25) is 0 Å². The first kappa shape index (κ1) is 15.6. The molecule has 104 valence electrons. The minimum absolute atomic E-state index is 0.158. The first-order chi connectivity index (χ1) is 8.47. The molecule has 1 unspecified atom stereocenters. The van der Waals surface area contributed by atoms with Gasteiger partial charge < -0.3 is 10.1 Å². The van der Waals surface area contributed by atoms with Gasteiger partial charge >= 0.3 is 0 Å². The van der Waals surface area contributed by atoms with Gasteiger partial charge in [-0.1, -0.05) is 20.8 Å².